The lowest BCUT2D eigenvalue weighted by Gasteiger charge is -2.25. The van der Waals surface area contributed by atoms with Crippen molar-refractivity contribution in [3.63, 3.8) is 0 Å². The van der Waals surface area contributed by atoms with Gasteiger partial charge in [-0.1, -0.05) is 29.8 Å². The normalized spacial score (nSPS) is 18.1. The van der Waals surface area contributed by atoms with E-state index in [9.17, 15) is 4.79 Å². The summed E-state index contributed by atoms with van der Waals surface area (Å²) in [6, 6.07) is 7.71. The summed E-state index contributed by atoms with van der Waals surface area (Å²) in [6.07, 6.45) is 3.36. The van der Waals surface area contributed by atoms with Gasteiger partial charge in [-0.25, -0.2) is 9.67 Å². The van der Waals surface area contributed by atoms with Crippen LogP contribution < -0.4 is 5.73 Å². The predicted molar refractivity (Wildman–Crippen MR) is 79.6 cm³/mol. The number of rotatable bonds is 3. The number of carbonyl (C=O) groups is 1. The Morgan fingerprint density at radius 2 is 2.24 bits per heavy atom. The van der Waals surface area contributed by atoms with Crippen LogP contribution in [0.25, 0.3) is 0 Å². The van der Waals surface area contributed by atoms with E-state index >= 15 is 0 Å². The Labute approximate surface area is 127 Å². The van der Waals surface area contributed by atoms with Gasteiger partial charge in [-0.05, 0) is 24.5 Å². The van der Waals surface area contributed by atoms with Crippen LogP contribution in [0.5, 0.6) is 0 Å². The van der Waals surface area contributed by atoms with Crippen molar-refractivity contribution in [3.8, 4) is 0 Å². The molecule has 1 amide bonds. The molecule has 21 heavy (non-hydrogen) atoms. The number of amides is 1. The van der Waals surface area contributed by atoms with E-state index in [0.717, 1.165) is 24.9 Å². The van der Waals surface area contributed by atoms with Crippen molar-refractivity contribution in [2.24, 2.45) is 0 Å². The van der Waals surface area contributed by atoms with Gasteiger partial charge < -0.3 is 10.6 Å². The summed E-state index contributed by atoms with van der Waals surface area (Å²) in [4.78, 5) is 18.2. The van der Waals surface area contributed by atoms with Gasteiger partial charge in [0.25, 0.3) is 0 Å². The zero-order valence-corrected chi connectivity index (χ0v) is 12.2. The molecule has 1 aromatic carbocycles. The predicted octanol–water partition coefficient (Wildman–Crippen LogP) is 1.88. The second-order valence-electron chi connectivity index (χ2n) is 5.07. The summed E-state index contributed by atoms with van der Waals surface area (Å²) < 4.78 is 1.46. The van der Waals surface area contributed by atoms with Gasteiger partial charge in [-0.3, -0.25) is 4.79 Å². The molecule has 1 aliphatic heterocycles. The van der Waals surface area contributed by atoms with Crippen LogP contribution in [0, 0.1) is 0 Å². The SMILES string of the molecule is Nc1ncn(CC(=O)N2CCCC2c2ccccc2Cl)n1. The number of anilines is 1. The Morgan fingerprint density at radius 3 is 2.95 bits per heavy atom. The first kappa shape index (κ1) is 13.9. The smallest absolute Gasteiger partial charge is 0.244 e. The van der Waals surface area contributed by atoms with Gasteiger partial charge in [-0.15, -0.1) is 5.10 Å². The molecule has 1 aliphatic rings. The summed E-state index contributed by atoms with van der Waals surface area (Å²) >= 11 is 6.26. The first-order valence-corrected chi connectivity index (χ1v) is 7.22. The highest BCUT2D eigenvalue weighted by atomic mass is 35.5. The average Bonchev–Trinajstić information content (AvgIpc) is 3.08. The fourth-order valence-corrected chi connectivity index (χ4v) is 3.01. The number of benzene rings is 1. The minimum atomic E-state index is 0.00215. The van der Waals surface area contributed by atoms with Crippen LogP contribution in [-0.2, 0) is 11.3 Å². The molecule has 0 spiro atoms. The van der Waals surface area contributed by atoms with E-state index in [1.54, 1.807) is 0 Å². The van der Waals surface area contributed by atoms with Crippen molar-refractivity contribution < 1.29 is 4.79 Å². The number of halogens is 1. The molecule has 2 aromatic rings. The highest BCUT2D eigenvalue weighted by Crippen LogP contribution is 2.35. The van der Waals surface area contributed by atoms with Crippen LogP contribution in [0.2, 0.25) is 5.02 Å². The third kappa shape index (κ3) is 2.85. The standard InChI is InChI=1S/C14H16ClN5O/c15-11-5-2-1-4-10(11)12-6-3-7-20(12)13(21)8-19-9-17-14(16)18-19/h1-2,4-5,9,12H,3,6-8H2,(H2,16,18). The van der Waals surface area contributed by atoms with Crippen LogP contribution in [0.15, 0.2) is 30.6 Å². The number of hydrogen-bond acceptors (Lipinski definition) is 4. The summed E-state index contributed by atoms with van der Waals surface area (Å²) in [6.45, 7) is 0.879. The summed E-state index contributed by atoms with van der Waals surface area (Å²) in [7, 11) is 0. The van der Waals surface area contributed by atoms with Crippen molar-refractivity contribution in [1.29, 1.82) is 0 Å². The number of likely N-dealkylation sites (tertiary alicyclic amines) is 1. The molecule has 1 saturated heterocycles. The molecule has 0 bridgehead atoms. The maximum absolute atomic E-state index is 12.5. The van der Waals surface area contributed by atoms with E-state index in [-0.39, 0.29) is 24.4 Å². The molecule has 3 rings (SSSR count). The van der Waals surface area contributed by atoms with Crippen LogP contribution >= 0.6 is 11.6 Å². The van der Waals surface area contributed by atoms with Crippen LogP contribution in [0.3, 0.4) is 0 Å². The number of hydrogen-bond donors (Lipinski definition) is 1. The van der Waals surface area contributed by atoms with E-state index in [4.69, 9.17) is 17.3 Å². The lowest BCUT2D eigenvalue weighted by atomic mass is 10.0. The third-order valence-corrected chi connectivity index (χ3v) is 4.03. The van der Waals surface area contributed by atoms with Crippen molar-refractivity contribution in [2.75, 3.05) is 12.3 Å². The highest BCUT2D eigenvalue weighted by molar-refractivity contribution is 6.31. The summed E-state index contributed by atoms with van der Waals surface area (Å²) in [5, 5.41) is 4.65. The van der Waals surface area contributed by atoms with Gasteiger partial charge in [0.15, 0.2) is 0 Å². The number of nitrogens with two attached hydrogens (primary N) is 1. The summed E-state index contributed by atoms with van der Waals surface area (Å²) in [5.41, 5.74) is 6.46. The molecular formula is C14H16ClN5O. The monoisotopic (exact) mass is 305 g/mol. The highest BCUT2D eigenvalue weighted by Gasteiger charge is 2.31. The molecule has 110 valence electrons. The third-order valence-electron chi connectivity index (χ3n) is 3.69. The fraction of sp³-hybridized carbons (Fsp3) is 0.357. The van der Waals surface area contributed by atoms with E-state index < -0.39 is 0 Å². The van der Waals surface area contributed by atoms with Gasteiger partial charge in [0.05, 0.1) is 6.04 Å². The molecular weight excluding hydrogens is 290 g/mol. The molecule has 1 atom stereocenters. The van der Waals surface area contributed by atoms with Gasteiger partial charge in [0.1, 0.15) is 12.9 Å². The lowest BCUT2D eigenvalue weighted by molar-refractivity contribution is -0.133. The molecule has 6 nitrogen and oxygen atoms in total. The molecule has 7 heteroatoms. The van der Waals surface area contributed by atoms with Gasteiger partial charge in [0, 0.05) is 11.6 Å². The Bertz CT molecular complexity index is 656. The number of nitrogens with zero attached hydrogens (tertiary/aromatic N) is 4. The van der Waals surface area contributed by atoms with Gasteiger partial charge in [-0.2, -0.15) is 0 Å². The van der Waals surface area contributed by atoms with Gasteiger partial charge in [0.2, 0.25) is 11.9 Å². The second kappa shape index (κ2) is 5.73. The largest absolute Gasteiger partial charge is 0.367 e. The minimum Gasteiger partial charge on any atom is -0.367 e. The first-order valence-electron chi connectivity index (χ1n) is 6.84. The Kier molecular flexibility index (Phi) is 3.79. The van der Waals surface area contributed by atoms with Crippen LogP contribution in [0.1, 0.15) is 24.4 Å². The van der Waals surface area contributed by atoms with E-state index in [0.29, 0.717) is 5.02 Å². The molecule has 0 radical (unpaired) electrons. The van der Waals surface area contributed by atoms with Crippen molar-refractivity contribution in [2.45, 2.75) is 25.4 Å². The quantitative estimate of drug-likeness (QED) is 0.939. The van der Waals surface area contributed by atoms with Gasteiger partial charge >= 0.3 is 0 Å². The molecule has 2 N–H and O–H groups in total. The Balaban J connectivity index is 1.77. The molecule has 0 saturated carbocycles. The van der Waals surface area contributed by atoms with E-state index in [2.05, 4.69) is 10.1 Å². The van der Waals surface area contributed by atoms with Crippen LogP contribution in [0.4, 0.5) is 5.95 Å². The molecule has 0 aliphatic carbocycles. The fourth-order valence-electron chi connectivity index (χ4n) is 2.75. The second-order valence-corrected chi connectivity index (χ2v) is 5.47. The average molecular weight is 306 g/mol. The zero-order chi connectivity index (χ0) is 14.8. The lowest BCUT2D eigenvalue weighted by Crippen LogP contribution is -2.33. The maximum atomic E-state index is 12.5. The Morgan fingerprint density at radius 1 is 1.43 bits per heavy atom. The zero-order valence-electron chi connectivity index (χ0n) is 11.4. The van der Waals surface area contributed by atoms with Crippen molar-refractivity contribution >= 4 is 23.5 Å². The van der Waals surface area contributed by atoms with Crippen molar-refractivity contribution in [3.05, 3.63) is 41.2 Å². The van der Waals surface area contributed by atoms with E-state index in [1.165, 1.54) is 11.0 Å². The molecule has 1 aromatic heterocycles. The summed E-state index contributed by atoms with van der Waals surface area (Å²) in [5.74, 6) is 0.175. The Hall–Kier alpha value is -2.08. The minimum absolute atomic E-state index is 0.00215. The number of nitrogen functional groups attached to an aromatic ring is 1. The van der Waals surface area contributed by atoms with Crippen LogP contribution in [-0.4, -0.2) is 32.1 Å². The molecule has 1 unspecified atom stereocenters. The molecule has 1 fully saturated rings. The van der Waals surface area contributed by atoms with E-state index in [1.807, 2.05) is 29.2 Å². The molecule has 2 heterocycles. The number of aromatic nitrogens is 3. The number of carbonyl (C=O) groups excluding carboxylic acids is 1. The van der Waals surface area contributed by atoms with Crippen molar-refractivity contribution in [1.82, 2.24) is 19.7 Å². The first-order chi connectivity index (χ1) is 10.1. The topological polar surface area (TPSA) is 77.0 Å². The maximum Gasteiger partial charge on any atom is 0.244 e.